The molecule has 36 heavy (non-hydrogen) atoms. The van der Waals surface area contributed by atoms with Crippen molar-refractivity contribution in [2.45, 2.75) is 33.5 Å². The molecule has 0 N–H and O–H groups in total. The first-order valence-corrected chi connectivity index (χ1v) is 12.1. The molecule has 1 aliphatic heterocycles. The highest BCUT2D eigenvalue weighted by atomic mass is 35.5. The van der Waals surface area contributed by atoms with E-state index in [1.807, 2.05) is 0 Å². The molecular weight excluding hydrogens is 512 g/mol. The second-order valence-corrected chi connectivity index (χ2v) is 9.18. The fourth-order valence-corrected chi connectivity index (χ4v) is 4.27. The van der Waals surface area contributed by atoms with E-state index in [1.165, 1.54) is 18.2 Å². The third kappa shape index (κ3) is 6.76. The Bertz CT molecular complexity index is 1210. The molecule has 0 radical (unpaired) electrons. The standard InChI is InChI=1S/C24H23ClN2O8S/c1-4-33-19-10-16(11-20-23(29)26(24(30)36-20)12-21(28)35-14(2)3)9-18(25)22(19)34-13-15-5-7-17(8-6-15)27(31)32/h5-11,14H,4,12-13H2,1-3H3/b20-11+. The summed E-state index contributed by atoms with van der Waals surface area (Å²) in [7, 11) is 0. The number of rotatable bonds is 10. The topological polar surface area (TPSA) is 125 Å². The number of nitro groups is 1. The smallest absolute Gasteiger partial charge is 0.326 e. The lowest BCUT2D eigenvalue weighted by Crippen LogP contribution is -2.35. The minimum absolute atomic E-state index is 0.0302. The largest absolute Gasteiger partial charge is 0.490 e. The Morgan fingerprint density at radius 1 is 1.19 bits per heavy atom. The summed E-state index contributed by atoms with van der Waals surface area (Å²) in [5.74, 6) is -0.709. The lowest BCUT2D eigenvalue weighted by atomic mass is 10.1. The summed E-state index contributed by atoms with van der Waals surface area (Å²) >= 11 is 7.15. The van der Waals surface area contributed by atoms with Gasteiger partial charge >= 0.3 is 5.97 Å². The number of imide groups is 1. The van der Waals surface area contributed by atoms with E-state index in [9.17, 15) is 24.5 Å². The van der Waals surface area contributed by atoms with E-state index in [4.69, 9.17) is 25.8 Å². The van der Waals surface area contributed by atoms with Gasteiger partial charge in [0, 0.05) is 12.1 Å². The number of esters is 1. The molecule has 0 atom stereocenters. The second kappa shape index (κ2) is 11.9. The molecule has 0 saturated carbocycles. The SMILES string of the molecule is CCOc1cc(/C=C2/SC(=O)N(CC(=O)OC(C)C)C2=O)cc(Cl)c1OCc1ccc([N+](=O)[O-])cc1. The van der Waals surface area contributed by atoms with E-state index in [1.54, 1.807) is 45.0 Å². The Morgan fingerprint density at radius 2 is 1.89 bits per heavy atom. The zero-order chi connectivity index (χ0) is 26.4. The number of amides is 2. The Kier molecular flexibility index (Phi) is 8.94. The van der Waals surface area contributed by atoms with E-state index in [0.29, 0.717) is 35.2 Å². The van der Waals surface area contributed by atoms with Crippen molar-refractivity contribution in [3.05, 3.63) is 67.6 Å². The monoisotopic (exact) mass is 534 g/mol. The fraction of sp³-hybridized carbons (Fsp3) is 0.292. The summed E-state index contributed by atoms with van der Waals surface area (Å²) in [6.45, 7) is 5.04. The third-order valence-electron chi connectivity index (χ3n) is 4.69. The van der Waals surface area contributed by atoms with E-state index in [2.05, 4.69) is 0 Å². The number of carbonyl (C=O) groups excluding carboxylic acids is 3. The van der Waals surface area contributed by atoms with Crippen LogP contribution in [0.4, 0.5) is 10.5 Å². The van der Waals surface area contributed by atoms with Gasteiger partial charge in [0.1, 0.15) is 13.2 Å². The molecule has 190 valence electrons. The molecule has 2 aromatic rings. The van der Waals surface area contributed by atoms with Gasteiger partial charge in [-0.3, -0.25) is 29.4 Å². The van der Waals surface area contributed by atoms with Crippen molar-refractivity contribution >= 4 is 52.2 Å². The number of nitro benzene ring substituents is 1. The first-order valence-electron chi connectivity index (χ1n) is 10.9. The van der Waals surface area contributed by atoms with E-state index < -0.39 is 28.6 Å². The minimum atomic E-state index is -0.676. The normalized spacial score (nSPS) is 14.5. The van der Waals surface area contributed by atoms with Crippen LogP contribution in [0.5, 0.6) is 11.5 Å². The van der Waals surface area contributed by atoms with Crippen LogP contribution in [0, 0.1) is 10.1 Å². The van der Waals surface area contributed by atoms with Crippen LogP contribution in [-0.4, -0.2) is 46.2 Å². The van der Waals surface area contributed by atoms with Crippen LogP contribution < -0.4 is 9.47 Å². The molecule has 0 spiro atoms. The summed E-state index contributed by atoms with van der Waals surface area (Å²) in [5, 5.41) is 10.4. The van der Waals surface area contributed by atoms with Crippen LogP contribution in [-0.2, 0) is 20.9 Å². The van der Waals surface area contributed by atoms with Crippen molar-refractivity contribution in [1.82, 2.24) is 4.90 Å². The summed E-state index contributed by atoms with van der Waals surface area (Å²) < 4.78 is 16.5. The van der Waals surface area contributed by atoms with Crippen LogP contribution in [0.3, 0.4) is 0 Å². The molecule has 3 rings (SSSR count). The molecule has 1 fully saturated rings. The Balaban J connectivity index is 1.79. The predicted octanol–water partition coefficient (Wildman–Crippen LogP) is 5.21. The number of ether oxygens (including phenoxy) is 3. The summed E-state index contributed by atoms with van der Waals surface area (Å²) in [4.78, 5) is 48.2. The van der Waals surface area contributed by atoms with Gasteiger partial charge in [0.2, 0.25) is 0 Å². The average molecular weight is 535 g/mol. The quantitative estimate of drug-likeness (QED) is 0.175. The van der Waals surface area contributed by atoms with Crippen LogP contribution in [0.2, 0.25) is 5.02 Å². The number of hydrogen-bond acceptors (Lipinski definition) is 9. The molecule has 1 aliphatic rings. The zero-order valence-electron chi connectivity index (χ0n) is 19.7. The Morgan fingerprint density at radius 3 is 2.50 bits per heavy atom. The third-order valence-corrected chi connectivity index (χ3v) is 5.88. The van der Waals surface area contributed by atoms with Crippen molar-refractivity contribution in [1.29, 1.82) is 0 Å². The molecule has 0 aliphatic carbocycles. The molecule has 0 bridgehead atoms. The number of carbonyl (C=O) groups is 3. The maximum Gasteiger partial charge on any atom is 0.326 e. The van der Waals surface area contributed by atoms with Gasteiger partial charge in [-0.05, 0) is 74.0 Å². The molecular formula is C24H23ClN2O8S. The van der Waals surface area contributed by atoms with Gasteiger partial charge in [-0.15, -0.1) is 0 Å². The van der Waals surface area contributed by atoms with Crippen molar-refractivity contribution < 1.29 is 33.5 Å². The van der Waals surface area contributed by atoms with Crippen molar-refractivity contribution in [3.8, 4) is 11.5 Å². The molecule has 1 saturated heterocycles. The molecule has 12 heteroatoms. The van der Waals surface area contributed by atoms with E-state index in [0.717, 1.165) is 4.90 Å². The van der Waals surface area contributed by atoms with E-state index in [-0.39, 0.29) is 34.1 Å². The predicted molar refractivity (Wildman–Crippen MR) is 134 cm³/mol. The van der Waals surface area contributed by atoms with Crippen LogP contribution in [0.15, 0.2) is 41.3 Å². The minimum Gasteiger partial charge on any atom is -0.490 e. The van der Waals surface area contributed by atoms with Gasteiger partial charge in [0.15, 0.2) is 11.5 Å². The first kappa shape index (κ1) is 27.0. The lowest BCUT2D eigenvalue weighted by Gasteiger charge is -2.15. The van der Waals surface area contributed by atoms with Crippen LogP contribution in [0.25, 0.3) is 6.08 Å². The van der Waals surface area contributed by atoms with Gasteiger partial charge in [0.25, 0.3) is 16.8 Å². The molecule has 0 aromatic heterocycles. The average Bonchev–Trinajstić information content (AvgIpc) is 3.05. The number of halogens is 1. The van der Waals surface area contributed by atoms with Crippen molar-refractivity contribution in [2.24, 2.45) is 0 Å². The second-order valence-electron chi connectivity index (χ2n) is 7.78. The zero-order valence-corrected chi connectivity index (χ0v) is 21.3. The fourth-order valence-electron chi connectivity index (χ4n) is 3.16. The highest BCUT2D eigenvalue weighted by Gasteiger charge is 2.37. The van der Waals surface area contributed by atoms with Crippen LogP contribution >= 0.6 is 23.4 Å². The summed E-state index contributed by atoms with van der Waals surface area (Å²) in [6, 6.07) is 9.07. The van der Waals surface area contributed by atoms with Crippen molar-refractivity contribution in [3.63, 3.8) is 0 Å². The number of non-ortho nitro benzene ring substituents is 1. The summed E-state index contributed by atoms with van der Waals surface area (Å²) in [5.41, 5.74) is 1.15. The molecule has 1 heterocycles. The maximum atomic E-state index is 12.7. The molecule has 10 nitrogen and oxygen atoms in total. The van der Waals surface area contributed by atoms with Gasteiger partial charge < -0.3 is 14.2 Å². The number of hydrogen-bond donors (Lipinski definition) is 0. The van der Waals surface area contributed by atoms with Gasteiger partial charge in [0.05, 0.1) is 27.6 Å². The molecule has 2 aromatic carbocycles. The van der Waals surface area contributed by atoms with Crippen LogP contribution in [0.1, 0.15) is 31.9 Å². The highest BCUT2D eigenvalue weighted by Crippen LogP contribution is 2.39. The highest BCUT2D eigenvalue weighted by molar-refractivity contribution is 8.18. The van der Waals surface area contributed by atoms with Crippen molar-refractivity contribution in [2.75, 3.05) is 13.2 Å². The summed E-state index contributed by atoms with van der Waals surface area (Å²) in [6.07, 6.45) is 1.11. The van der Waals surface area contributed by atoms with E-state index >= 15 is 0 Å². The maximum absolute atomic E-state index is 12.7. The number of benzene rings is 2. The van der Waals surface area contributed by atoms with Gasteiger partial charge in [-0.1, -0.05) is 11.6 Å². The van der Waals surface area contributed by atoms with Gasteiger partial charge in [-0.25, -0.2) is 0 Å². The first-order chi connectivity index (χ1) is 17.1. The molecule has 0 unspecified atom stereocenters. The van der Waals surface area contributed by atoms with Gasteiger partial charge in [-0.2, -0.15) is 0 Å². The molecule has 2 amide bonds. The number of nitrogens with zero attached hydrogens (tertiary/aromatic N) is 2. The number of thioether (sulfide) groups is 1. The lowest BCUT2D eigenvalue weighted by molar-refractivity contribution is -0.384. The Hall–Kier alpha value is -3.57. The Labute approximate surface area is 216 Å².